The molecule has 0 fully saturated rings. The molecule has 0 aliphatic heterocycles. The van der Waals surface area contributed by atoms with Gasteiger partial charge in [0.15, 0.2) is 5.13 Å². The van der Waals surface area contributed by atoms with Crippen LogP contribution in [0.3, 0.4) is 0 Å². The van der Waals surface area contributed by atoms with Gasteiger partial charge in [-0.05, 0) is 38.4 Å². The average Bonchev–Trinajstić information content (AvgIpc) is 3.03. The lowest BCUT2D eigenvalue weighted by atomic mass is 10.4. The highest BCUT2D eigenvalue weighted by atomic mass is 32.2. The highest BCUT2D eigenvalue weighted by molar-refractivity contribution is 7.92. The number of thiazole rings is 1. The number of rotatable bonds is 5. The summed E-state index contributed by atoms with van der Waals surface area (Å²) in [5.74, 6) is 0.578. The van der Waals surface area contributed by atoms with Crippen molar-refractivity contribution >= 4 is 26.5 Å². The molecule has 2 aromatic heterocycles. The van der Waals surface area contributed by atoms with Gasteiger partial charge in [-0.2, -0.15) is 8.42 Å². The molecule has 0 saturated heterocycles. The summed E-state index contributed by atoms with van der Waals surface area (Å²) in [5, 5.41) is 3.24. The zero-order chi connectivity index (χ0) is 14.2. The molecule has 8 heteroatoms. The third kappa shape index (κ3) is 2.58. The minimum absolute atomic E-state index is 0.0851. The normalized spacial score (nSPS) is 14.4. The number of aryl methyl sites for hydroxylation is 2. The van der Waals surface area contributed by atoms with Gasteiger partial charge in [0, 0.05) is 4.88 Å². The van der Waals surface area contributed by atoms with Crippen LogP contribution in [0.5, 0.6) is 0 Å². The molecule has 2 aromatic rings. The van der Waals surface area contributed by atoms with E-state index in [4.69, 9.17) is 4.42 Å². The highest BCUT2D eigenvalue weighted by Gasteiger charge is 2.23. The lowest BCUT2D eigenvalue weighted by Crippen LogP contribution is -2.12. The predicted molar refractivity (Wildman–Crippen MR) is 76.4 cm³/mol. The van der Waals surface area contributed by atoms with E-state index in [1.54, 1.807) is 13.1 Å². The molecule has 0 saturated carbocycles. The Morgan fingerprint density at radius 2 is 2.25 bits per heavy atom. The second-order valence-electron chi connectivity index (χ2n) is 4.60. The number of hydrogen-bond acceptors (Lipinski definition) is 6. The molecule has 20 heavy (non-hydrogen) atoms. The summed E-state index contributed by atoms with van der Waals surface area (Å²) in [6.45, 7) is 0.487. The fraction of sp³-hybridized carbons (Fsp3) is 0.417. The second kappa shape index (κ2) is 5.19. The Kier molecular flexibility index (Phi) is 3.53. The number of sulfonamides is 1. The summed E-state index contributed by atoms with van der Waals surface area (Å²) < 4.78 is 32.2. The highest BCUT2D eigenvalue weighted by Crippen LogP contribution is 2.31. The maximum Gasteiger partial charge on any atom is 0.297 e. The lowest BCUT2D eigenvalue weighted by Gasteiger charge is -2.02. The number of nitrogens with zero attached hydrogens (tertiary/aromatic N) is 1. The van der Waals surface area contributed by atoms with Gasteiger partial charge < -0.3 is 9.73 Å². The SMILES string of the molecule is CNCc1ccc(S(=O)(=O)Nc2nc3c(s2)CCC3)o1. The third-order valence-electron chi connectivity index (χ3n) is 3.07. The Balaban J connectivity index is 1.80. The zero-order valence-corrected chi connectivity index (χ0v) is 12.6. The van der Waals surface area contributed by atoms with E-state index in [0.717, 1.165) is 25.0 Å². The summed E-state index contributed by atoms with van der Waals surface area (Å²) in [5.41, 5.74) is 1.02. The minimum atomic E-state index is -3.69. The third-order valence-corrected chi connectivity index (χ3v) is 5.48. The first-order valence-corrected chi connectivity index (χ1v) is 8.63. The van der Waals surface area contributed by atoms with Crippen molar-refractivity contribution in [2.45, 2.75) is 30.9 Å². The van der Waals surface area contributed by atoms with E-state index in [1.165, 1.54) is 22.3 Å². The summed E-state index contributed by atoms with van der Waals surface area (Å²) in [6, 6.07) is 3.10. The topological polar surface area (TPSA) is 84.2 Å². The first-order valence-electron chi connectivity index (χ1n) is 6.33. The molecule has 0 unspecified atom stereocenters. The number of furan rings is 1. The van der Waals surface area contributed by atoms with Gasteiger partial charge in [-0.1, -0.05) is 0 Å². The molecule has 2 N–H and O–H groups in total. The van der Waals surface area contributed by atoms with Crippen LogP contribution < -0.4 is 10.0 Å². The molecular weight excluding hydrogens is 298 g/mol. The Bertz CT molecular complexity index is 697. The molecule has 0 radical (unpaired) electrons. The van der Waals surface area contributed by atoms with Gasteiger partial charge in [-0.15, -0.1) is 11.3 Å². The van der Waals surface area contributed by atoms with Crippen LogP contribution in [0.4, 0.5) is 5.13 Å². The molecular formula is C12H15N3O3S2. The Morgan fingerprint density at radius 1 is 1.40 bits per heavy atom. The van der Waals surface area contributed by atoms with Crippen LogP contribution in [0.1, 0.15) is 22.8 Å². The number of anilines is 1. The quantitative estimate of drug-likeness (QED) is 0.878. The average molecular weight is 313 g/mol. The van der Waals surface area contributed by atoms with E-state index in [2.05, 4.69) is 15.0 Å². The van der Waals surface area contributed by atoms with E-state index < -0.39 is 10.0 Å². The van der Waals surface area contributed by atoms with Crippen LogP contribution in [0.15, 0.2) is 21.6 Å². The molecule has 0 spiro atoms. The number of fused-ring (bicyclic) bond motifs is 1. The molecule has 108 valence electrons. The maximum atomic E-state index is 12.2. The van der Waals surface area contributed by atoms with Crippen molar-refractivity contribution in [1.29, 1.82) is 0 Å². The van der Waals surface area contributed by atoms with E-state index in [-0.39, 0.29) is 5.09 Å². The van der Waals surface area contributed by atoms with Crippen molar-refractivity contribution in [3.05, 3.63) is 28.5 Å². The maximum absolute atomic E-state index is 12.2. The van der Waals surface area contributed by atoms with Gasteiger partial charge in [0.05, 0.1) is 12.2 Å². The summed E-state index contributed by atoms with van der Waals surface area (Å²) in [7, 11) is -1.93. The van der Waals surface area contributed by atoms with Crippen LogP contribution in [-0.2, 0) is 29.4 Å². The smallest absolute Gasteiger partial charge is 0.297 e. The van der Waals surface area contributed by atoms with Gasteiger partial charge in [0.25, 0.3) is 10.0 Å². The first-order chi connectivity index (χ1) is 9.58. The van der Waals surface area contributed by atoms with Gasteiger partial charge in [-0.25, -0.2) is 4.98 Å². The largest absolute Gasteiger partial charge is 0.446 e. The van der Waals surface area contributed by atoms with E-state index >= 15 is 0 Å². The fourth-order valence-electron chi connectivity index (χ4n) is 2.17. The second-order valence-corrected chi connectivity index (χ2v) is 7.30. The van der Waals surface area contributed by atoms with Gasteiger partial charge in [0.2, 0.25) is 5.09 Å². The standard InChI is InChI=1S/C12H15N3O3S2/c1-13-7-8-5-6-11(18-8)20(16,17)15-12-14-9-3-2-4-10(9)19-12/h5-6,13H,2-4,7H2,1H3,(H,14,15). The van der Waals surface area contributed by atoms with Crippen LogP contribution in [0, 0.1) is 0 Å². The van der Waals surface area contributed by atoms with E-state index in [0.29, 0.717) is 17.4 Å². The fourth-order valence-corrected chi connectivity index (χ4v) is 4.41. The summed E-state index contributed by atoms with van der Waals surface area (Å²) >= 11 is 1.41. The number of hydrogen-bond donors (Lipinski definition) is 2. The van der Waals surface area contributed by atoms with Crippen LogP contribution in [0.25, 0.3) is 0 Å². The first kappa shape index (κ1) is 13.6. The Morgan fingerprint density at radius 3 is 3.00 bits per heavy atom. The van der Waals surface area contributed by atoms with Crippen molar-refractivity contribution in [2.24, 2.45) is 0 Å². The van der Waals surface area contributed by atoms with Crippen LogP contribution in [0.2, 0.25) is 0 Å². The van der Waals surface area contributed by atoms with Crippen molar-refractivity contribution in [1.82, 2.24) is 10.3 Å². The number of aromatic nitrogens is 1. The van der Waals surface area contributed by atoms with Crippen LogP contribution >= 0.6 is 11.3 Å². The Hall–Kier alpha value is -1.38. The molecule has 0 bridgehead atoms. The van der Waals surface area contributed by atoms with Gasteiger partial charge in [0.1, 0.15) is 5.76 Å². The van der Waals surface area contributed by atoms with Crippen molar-refractivity contribution < 1.29 is 12.8 Å². The molecule has 0 atom stereocenters. The van der Waals surface area contributed by atoms with Crippen LogP contribution in [-0.4, -0.2) is 20.4 Å². The van der Waals surface area contributed by atoms with E-state index in [9.17, 15) is 8.42 Å². The zero-order valence-electron chi connectivity index (χ0n) is 11.0. The molecule has 1 aliphatic carbocycles. The van der Waals surface area contributed by atoms with E-state index in [1.807, 2.05) is 0 Å². The van der Waals surface area contributed by atoms with Crippen molar-refractivity contribution in [2.75, 3.05) is 11.8 Å². The summed E-state index contributed by atoms with van der Waals surface area (Å²) in [4.78, 5) is 5.50. The molecule has 1 aliphatic rings. The van der Waals surface area contributed by atoms with Gasteiger partial charge >= 0.3 is 0 Å². The molecule has 2 heterocycles. The Labute approximate surface area is 121 Å². The molecule has 0 amide bonds. The lowest BCUT2D eigenvalue weighted by molar-refractivity contribution is 0.408. The monoisotopic (exact) mass is 313 g/mol. The molecule has 6 nitrogen and oxygen atoms in total. The predicted octanol–water partition coefficient (Wildman–Crippen LogP) is 1.75. The minimum Gasteiger partial charge on any atom is -0.446 e. The van der Waals surface area contributed by atoms with Gasteiger partial charge in [-0.3, -0.25) is 4.72 Å². The summed E-state index contributed by atoms with van der Waals surface area (Å²) in [6.07, 6.45) is 3.02. The molecule has 0 aromatic carbocycles. The number of nitrogens with one attached hydrogen (secondary N) is 2. The van der Waals surface area contributed by atoms with Crippen molar-refractivity contribution in [3.8, 4) is 0 Å². The van der Waals surface area contributed by atoms with Crippen molar-refractivity contribution in [3.63, 3.8) is 0 Å². The molecule has 3 rings (SSSR count).